The fourth-order valence-corrected chi connectivity index (χ4v) is 2.57. The van der Waals surface area contributed by atoms with Crippen LogP contribution in [0.1, 0.15) is 41.9 Å². The Morgan fingerprint density at radius 3 is 2.77 bits per heavy atom. The van der Waals surface area contributed by atoms with Crippen LogP contribution in [0.2, 0.25) is 0 Å². The highest BCUT2D eigenvalue weighted by atomic mass is 16.3. The fraction of sp³-hybridized carbons (Fsp3) is 0.438. The summed E-state index contributed by atoms with van der Waals surface area (Å²) >= 11 is 0. The van der Waals surface area contributed by atoms with Crippen molar-refractivity contribution in [3.05, 3.63) is 42.1 Å². The van der Waals surface area contributed by atoms with Crippen LogP contribution < -0.4 is 10.2 Å². The van der Waals surface area contributed by atoms with Gasteiger partial charge in [0.2, 0.25) is 5.95 Å². The largest absolute Gasteiger partial charge is 0.467 e. The molecule has 22 heavy (non-hydrogen) atoms. The van der Waals surface area contributed by atoms with E-state index in [4.69, 9.17) is 4.42 Å². The molecule has 0 atom stereocenters. The average molecular weight is 300 g/mol. The van der Waals surface area contributed by atoms with Gasteiger partial charge in [-0.05, 0) is 31.0 Å². The van der Waals surface area contributed by atoms with Crippen LogP contribution in [0.25, 0.3) is 0 Å². The van der Waals surface area contributed by atoms with E-state index in [1.807, 2.05) is 6.07 Å². The molecule has 1 saturated heterocycles. The molecule has 3 rings (SSSR count). The number of hydrogen-bond donors (Lipinski definition) is 1. The minimum atomic E-state index is -0.213. The highest BCUT2D eigenvalue weighted by molar-refractivity contribution is 5.92. The molecule has 0 spiro atoms. The van der Waals surface area contributed by atoms with Crippen molar-refractivity contribution in [1.29, 1.82) is 0 Å². The van der Waals surface area contributed by atoms with Crippen LogP contribution in [0, 0.1) is 0 Å². The van der Waals surface area contributed by atoms with Crippen molar-refractivity contribution >= 4 is 11.9 Å². The van der Waals surface area contributed by atoms with Gasteiger partial charge in [0.1, 0.15) is 11.5 Å². The first-order valence-electron chi connectivity index (χ1n) is 7.71. The molecule has 0 radical (unpaired) electrons. The molecule has 1 fully saturated rings. The number of anilines is 1. The summed E-state index contributed by atoms with van der Waals surface area (Å²) in [7, 11) is 0. The Balaban J connectivity index is 1.65. The first-order chi connectivity index (χ1) is 10.8. The molecule has 0 unspecified atom stereocenters. The van der Waals surface area contributed by atoms with Crippen molar-refractivity contribution in [1.82, 2.24) is 15.3 Å². The summed E-state index contributed by atoms with van der Waals surface area (Å²) in [6.45, 7) is 2.27. The lowest BCUT2D eigenvalue weighted by molar-refractivity contribution is 0.0943. The molecule has 0 saturated carbocycles. The molecule has 6 heteroatoms. The van der Waals surface area contributed by atoms with Crippen LogP contribution in [0.3, 0.4) is 0 Å². The van der Waals surface area contributed by atoms with Crippen LogP contribution in [0.5, 0.6) is 0 Å². The van der Waals surface area contributed by atoms with E-state index < -0.39 is 0 Å². The van der Waals surface area contributed by atoms with Gasteiger partial charge in [-0.3, -0.25) is 4.79 Å². The number of hydrogen-bond acceptors (Lipinski definition) is 5. The number of nitrogens with one attached hydrogen (secondary N) is 1. The minimum Gasteiger partial charge on any atom is -0.467 e. The van der Waals surface area contributed by atoms with Gasteiger partial charge in [0.15, 0.2) is 0 Å². The molecule has 116 valence electrons. The monoisotopic (exact) mass is 300 g/mol. The van der Waals surface area contributed by atoms with Crippen LogP contribution in [-0.4, -0.2) is 29.0 Å². The van der Waals surface area contributed by atoms with E-state index in [0.29, 0.717) is 18.2 Å². The summed E-state index contributed by atoms with van der Waals surface area (Å²) in [4.78, 5) is 23.1. The molecule has 3 heterocycles. The number of furan rings is 1. The van der Waals surface area contributed by atoms with E-state index in [2.05, 4.69) is 20.2 Å². The van der Waals surface area contributed by atoms with E-state index in [1.54, 1.807) is 24.6 Å². The normalized spacial score (nSPS) is 15.4. The van der Waals surface area contributed by atoms with E-state index in [9.17, 15) is 4.79 Å². The third kappa shape index (κ3) is 3.63. The fourth-order valence-electron chi connectivity index (χ4n) is 2.57. The second-order valence-corrected chi connectivity index (χ2v) is 5.41. The maximum atomic E-state index is 12.2. The number of rotatable bonds is 4. The van der Waals surface area contributed by atoms with Gasteiger partial charge in [0.05, 0.1) is 12.8 Å². The lowest BCUT2D eigenvalue weighted by Gasteiger charge is -2.20. The Morgan fingerprint density at radius 2 is 2.05 bits per heavy atom. The summed E-state index contributed by atoms with van der Waals surface area (Å²) in [5.74, 6) is 1.15. The number of aromatic nitrogens is 2. The van der Waals surface area contributed by atoms with E-state index >= 15 is 0 Å². The lowest BCUT2D eigenvalue weighted by atomic mass is 10.2. The zero-order chi connectivity index (χ0) is 15.2. The molecule has 0 aromatic carbocycles. The SMILES string of the molecule is O=C(NCc1ccco1)c1ccnc(N2CCCCCC2)n1. The molecule has 2 aromatic rings. The van der Waals surface area contributed by atoms with Crippen LogP contribution in [0.15, 0.2) is 35.1 Å². The molecule has 0 bridgehead atoms. The van der Waals surface area contributed by atoms with E-state index in [-0.39, 0.29) is 5.91 Å². The van der Waals surface area contributed by atoms with Crippen LogP contribution in [-0.2, 0) is 6.54 Å². The Labute approximate surface area is 129 Å². The van der Waals surface area contributed by atoms with Crippen molar-refractivity contribution in [3.8, 4) is 0 Å². The molecule has 2 aromatic heterocycles. The summed E-state index contributed by atoms with van der Waals surface area (Å²) in [5.41, 5.74) is 0.390. The van der Waals surface area contributed by atoms with Gasteiger partial charge < -0.3 is 14.6 Å². The highest BCUT2D eigenvalue weighted by Crippen LogP contribution is 2.15. The van der Waals surface area contributed by atoms with Crippen molar-refractivity contribution in [2.75, 3.05) is 18.0 Å². The maximum absolute atomic E-state index is 12.2. The molecular weight excluding hydrogens is 280 g/mol. The number of nitrogens with zero attached hydrogens (tertiary/aromatic N) is 3. The van der Waals surface area contributed by atoms with Crippen LogP contribution in [0.4, 0.5) is 5.95 Å². The summed E-state index contributed by atoms with van der Waals surface area (Å²) in [6.07, 6.45) is 8.04. The third-order valence-corrected chi connectivity index (χ3v) is 3.77. The Kier molecular flexibility index (Phi) is 4.68. The molecular formula is C16H20N4O2. The van der Waals surface area contributed by atoms with Crippen molar-refractivity contribution < 1.29 is 9.21 Å². The minimum absolute atomic E-state index is 0.213. The quantitative estimate of drug-likeness (QED) is 0.938. The second-order valence-electron chi connectivity index (χ2n) is 5.41. The second kappa shape index (κ2) is 7.06. The van der Waals surface area contributed by atoms with E-state index in [0.717, 1.165) is 31.7 Å². The van der Waals surface area contributed by atoms with E-state index in [1.165, 1.54) is 12.8 Å². The molecule has 0 aliphatic carbocycles. The average Bonchev–Trinajstić information content (AvgIpc) is 2.93. The topological polar surface area (TPSA) is 71.3 Å². The summed E-state index contributed by atoms with van der Waals surface area (Å²) < 4.78 is 5.20. The standard InChI is InChI=1S/C16H20N4O2/c21-15(18-12-13-6-5-11-22-13)14-7-8-17-16(19-14)20-9-3-1-2-4-10-20/h5-8,11H,1-4,9-10,12H2,(H,18,21). The zero-order valence-electron chi connectivity index (χ0n) is 12.5. The van der Waals surface area contributed by atoms with Gasteiger partial charge in [-0.1, -0.05) is 12.8 Å². The molecule has 6 nitrogen and oxygen atoms in total. The Bertz CT molecular complexity index is 604. The summed E-state index contributed by atoms with van der Waals surface area (Å²) in [5, 5.41) is 2.80. The number of carbonyl (C=O) groups is 1. The van der Waals surface area contributed by atoms with Gasteiger partial charge >= 0.3 is 0 Å². The molecule has 1 amide bonds. The Hall–Kier alpha value is -2.37. The first kappa shape index (κ1) is 14.6. The van der Waals surface area contributed by atoms with Crippen molar-refractivity contribution in [2.24, 2.45) is 0 Å². The predicted octanol–water partition coefficient (Wildman–Crippen LogP) is 2.38. The predicted molar refractivity (Wildman–Crippen MR) is 82.6 cm³/mol. The van der Waals surface area contributed by atoms with Gasteiger partial charge in [0.25, 0.3) is 5.91 Å². The first-order valence-corrected chi connectivity index (χ1v) is 7.71. The van der Waals surface area contributed by atoms with Crippen molar-refractivity contribution in [2.45, 2.75) is 32.2 Å². The number of amides is 1. The van der Waals surface area contributed by atoms with Gasteiger partial charge in [-0.15, -0.1) is 0 Å². The van der Waals surface area contributed by atoms with Gasteiger partial charge in [-0.2, -0.15) is 0 Å². The summed E-state index contributed by atoms with van der Waals surface area (Å²) in [6, 6.07) is 5.26. The highest BCUT2D eigenvalue weighted by Gasteiger charge is 2.15. The smallest absolute Gasteiger partial charge is 0.270 e. The Morgan fingerprint density at radius 1 is 1.23 bits per heavy atom. The van der Waals surface area contributed by atoms with Gasteiger partial charge in [-0.25, -0.2) is 9.97 Å². The molecule has 1 N–H and O–H groups in total. The van der Waals surface area contributed by atoms with Gasteiger partial charge in [0, 0.05) is 19.3 Å². The third-order valence-electron chi connectivity index (χ3n) is 3.77. The maximum Gasteiger partial charge on any atom is 0.270 e. The molecule has 1 aliphatic rings. The zero-order valence-corrected chi connectivity index (χ0v) is 12.5. The lowest BCUT2D eigenvalue weighted by Crippen LogP contribution is -2.28. The van der Waals surface area contributed by atoms with Crippen LogP contribution >= 0.6 is 0 Å². The number of carbonyl (C=O) groups excluding carboxylic acids is 1. The molecule has 1 aliphatic heterocycles. The van der Waals surface area contributed by atoms with Crippen molar-refractivity contribution in [3.63, 3.8) is 0 Å².